The number of hydrogen-bond acceptors (Lipinski definition) is 5. The second-order valence-corrected chi connectivity index (χ2v) is 5.21. The highest BCUT2D eigenvalue weighted by Crippen LogP contribution is 2.26. The highest BCUT2D eigenvalue weighted by atomic mass is 16.5. The van der Waals surface area contributed by atoms with Crippen molar-refractivity contribution in [3.63, 3.8) is 0 Å². The van der Waals surface area contributed by atoms with Gasteiger partial charge in [-0.2, -0.15) is 0 Å². The van der Waals surface area contributed by atoms with Crippen molar-refractivity contribution in [1.29, 1.82) is 0 Å². The number of hydrogen-bond donors (Lipinski definition) is 2. The Labute approximate surface area is 139 Å². The van der Waals surface area contributed by atoms with Gasteiger partial charge < -0.3 is 20.1 Å². The molecule has 2 amide bonds. The number of aryl methyl sites for hydroxylation is 1. The maximum absolute atomic E-state index is 11.9. The number of pyridine rings is 1. The van der Waals surface area contributed by atoms with Crippen LogP contribution in [0, 0.1) is 0 Å². The van der Waals surface area contributed by atoms with Gasteiger partial charge in [-0.05, 0) is 36.2 Å². The molecule has 2 N–H and O–H groups in total. The highest BCUT2D eigenvalue weighted by molar-refractivity contribution is 5.95. The molecule has 0 bridgehead atoms. The smallest absolute Gasteiger partial charge is 0.263 e. The lowest BCUT2D eigenvalue weighted by atomic mass is 10.2. The lowest BCUT2D eigenvalue weighted by Gasteiger charge is -2.17. The summed E-state index contributed by atoms with van der Waals surface area (Å²) < 4.78 is 10.6. The summed E-state index contributed by atoms with van der Waals surface area (Å²) in [5.74, 6) is 1.08. The van der Waals surface area contributed by atoms with E-state index < -0.39 is 0 Å². The zero-order valence-corrected chi connectivity index (χ0v) is 13.2. The molecule has 0 unspecified atom stereocenters. The second-order valence-electron chi connectivity index (χ2n) is 5.21. The zero-order chi connectivity index (χ0) is 16.9. The van der Waals surface area contributed by atoms with Gasteiger partial charge in [0.05, 0.1) is 0 Å². The predicted octanol–water partition coefficient (Wildman–Crippen LogP) is 1.99. The van der Waals surface area contributed by atoms with E-state index in [1.54, 1.807) is 12.1 Å². The molecule has 1 aliphatic rings. The minimum atomic E-state index is -0.343. The second kappa shape index (κ2) is 6.99. The molecule has 7 nitrogen and oxygen atoms in total. The van der Waals surface area contributed by atoms with Crippen molar-refractivity contribution < 1.29 is 19.1 Å². The Kier molecular flexibility index (Phi) is 4.60. The van der Waals surface area contributed by atoms with Gasteiger partial charge in [-0.1, -0.05) is 19.1 Å². The van der Waals surface area contributed by atoms with Crippen LogP contribution in [-0.2, 0) is 16.0 Å². The van der Waals surface area contributed by atoms with E-state index >= 15 is 0 Å². The third kappa shape index (κ3) is 3.81. The molecule has 0 saturated heterocycles. The molecule has 1 aromatic carbocycles. The van der Waals surface area contributed by atoms with Gasteiger partial charge in [-0.15, -0.1) is 0 Å². The number of amides is 2. The lowest BCUT2D eigenvalue weighted by molar-refractivity contribution is -0.119. The maximum Gasteiger partial charge on any atom is 0.263 e. The summed E-state index contributed by atoms with van der Waals surface area (Å²) in [4.78, 5) is 27.4. The molecule has 0 atom stereocenters. The molecule has 0 aliphatic carbocycles. The van der Waals surface area contributed by atoms with E-state index in [9.17, 15) is 9.59 Å². The summed E-state index contributed by atoms with van der Waals surface area (Å²) in [6.07, 6.45) is 0.949. The molecule has 7 heteroatoms. The molecule has 24 heavy (non-hydrogen) atoms. The molecule has 0 saturated carbocycles. The van der Waals surface area contributed by atoms with Gasteiger partial charge in [0.25, 0.3) is 11.8 Å². The van der Waals surface area contributed by atoms with E-state index in [-0.39, 0.29) is 25.0 Å². The topological polar surface area (TPSA) is 89.5 Å². The van der Waals surface area contributed by atoms with Crippen molar-refractivity contribution in [3.05, 3.63) is 42.0 Å². The Bertz CT molecular complexity index is 759. The summed E-state index contributed by atoms with van der Waals surface area (Å²) in [7, 11) is 0. The Morgan fingerprint density at radius 1 is 1.29 bits per heavy atom. The molecule has 2 aromatic rings. The van der Waals surface area contributed by atoms with Crippen LogP contribution in [0.2, 0.25) is 0 Å². The number of carbonyl (C=O) groups excluding carboxylic acids is 2. The first-order valence-corrected chi connectivity index (χ1v) is 7.59. The van der Waals surface area contributed by atoms with Gasteiger partial charge >= 0.3 is 0 Å². The number of anilines is 2. The Morgan fingerprint density at radius 3 is 2.83 bits per heavy atom. The molecule has 124 valence electrons. The van der Waals surface area contributed by atoms with Gasteiger partial charge in [0, 0.05) is 0 Å². The third-order valence-corrected chi connectivity index (χ3v) is 3.44. The van der Waals surface area contributed by atoms with Crippen molar-refractivity contribution in [1.82, 2.24) is 4.98 Å². The van der Waals surface area contributed by atoms with Gasteiger partial charge in [0.1, 0.15) is 11.6 Å². The van der Waals surface area contributed by atoms with E-state index in [0.29, 0.717) is 23.1 Å². The number of nitrogens with one attached hydrogen (secondary N) is 2. The zero-order valence-electron chi connectivity index (χ0n) is 13.2. The monoisotopic (exact) mass is 327 g/mol. The number of carbonyl (C=O) groups is 2. The largest absolute Gasteiger partial charge is 0.484 e. The van der Waals surface area contributed by atoms with Crippen molar-refractivity contribution in [2.24, 2.45) is 0 Å². The molecule has 1 aromatic heterocycles. The molecule has 2 heterocycles. The number of fused-ring (bicyclic) bond motifs is 1. The number of nitrogens with zero attached hydrogens (tertiary/aromatic N) is 1. The molecule has 0 spiro atoms. The quantitative estimate of drug-likeness (QED) is 0.876. The summed E-state index contributed by atoms with van der Waals surface area (Å²) in [6.45, 7) is 1.90. The first-order chi connectivity index (χ1) is 11.6. The minimum absolute atomic E-state index is 0.0367. The number of aromatic nitrogens is 1. The lowest BCUT2D eigenvalue weighted by Crippen LogP contribution is -2.27. The predicted molar refractivity (Wildman–Crippen MR) is 88.3 cm³/mol. The van der Waals surface area contributed by atoms with Crippen molar-refractivity contribution in [2.75, 3.05) is 23.8 Å². The third-order valence-electron chi connectivity index (χ3n) is 3.44. The number of ether oxygens (including phenoxy) is 2. The molecule has 3 rings (SSSR count). The van der Waals surface area contributed by atoms with E-state index in [0.717, 1.165) is 6.42 Å². The maximum atomic E-state index is 11.9. The van der Waals surface area contributed by atoms with Crippen molar-refractivity contribution in [2.45, 2.75) is 13.3 Å². The first kappa shape index (κ1) is 15.8. The van der Waals surface area contributed by atoms with Crippen LogP contribution in [0.5, 0.6) is 11.5 Å². The van der Waals surface area contributed by atoms with Crippen LogP contribution >= 0.6 is 0 Å². The van der Waals surface area contributed by atoms with Crippen molar-refractivity contribution in [3.8, 4) is 11.5 Å². The van der Waals surface area contributed by atoms with Gasteiger partial charge in [0.15, 0.2) is 24.8 Å². The highest BCUT2D eigenvalue weighted by Gasteiger charge is 2.18. The average molecular weight is 327 g/mol. The molecule has 0 fully saturated rings. The Morgan fingerprint density at radius 2 is 2.08 bits per heavy atom. The van der Waals surface area contributed by atoms with Crippen LogP contribution in [0.3, 0.4) is 0 Å². The number of rotatable bonds is 5. The van der Waals surface area contributed by atoms with Gasteiger partial charge in [-0.3, -0.25) is 9.59 Å². The van der Waals surface area contributed by atoms with Crippen LogP contribution in [0.25, 0.3) is 0 Å². The molecular weight excluding hydrogens is 310 g/mol. The fourth-order valence-electron chi connectivity index (χ4n) is 2.18. The molecular formula is C17H17N3O4. The van der Waals surface area contributed by atoms with Crippen LogP contribution in [0.1, 0.15) is 12.5 Å². The van der Waals surface area contributed by atoms with Crippen LogP contribution in [0.4, 0.5) is 11.6 Å². The Balaban J connectivity index is 1.56. The fraction of sp³-hybridized carbons (Fsp3) is 0.235. The standard InChI is InChI=1S/C17H17N3O4/c1-2-11-3-5-12(6-4-11)23-9-15(21)18-14-8-7-13-17(19-14)20-16(22)10-24-13/h3-8H,2,9-10H2,1H3,(H2,18,19,20,21,22). The fourth-order valence-corrected chi connectivity index (χ4v) is 2.18. The van der Waals surface area contributed by atoms with E-state index in [1.807, 2.05) is 24.3 Å². The van der Waals surface area contributed by atoms with E-state index in [1.165, 1.54) is 5.56 Å². The van der Waals surface area contributed by atoms with E-state index in [2.05, 4.69) is 22.5 Å². The van der Waals surface area contributed by atoms with Crippen LogP contribution in [0.15, 0.2) is 36.4 Å². The molecule has 0 radical (unpaired) electrons. The summed E-state index contributed by atoms with van der Waals surface area (Å²) in [5, 5.41) is 5.20. The van der Waals surface area contributed by atoms with Crippen LogP contribution in [-0.4, -0.2) is 30.0 Å². The van der Waals surface area contributed by atoms with Crippen molar-refractivity contribution >= 4 is 23.5 Å². The first-order valence-electron chi connectivity index (χ1n) is 7.59. The van der Waals surface area contributed by atoms with Gasteiger partial charge in [-0.25, -0.2) is 4.98 Å². The van der Waals surface area contributed by atoms with Crippen LogP contribution < -0.4 is 20.1 Å². The molecule has 1 aliphatic heterocycles. The minimum Gasteiger partial charge on any atom is -0.484 e. The number of benzene rings is 1. The average Bonchev–Trinajstić information content (AvgIpc) is 2.60. The van der Waals surface area contributed by atoms with E-state index in [4.69, 9.17) is 9.47 Å². The normalized spacial score (nSPS) is 12.6. The van der Waals surface area contributed by atoms with Gasteiger partial charge in [0.2, 0.25) is 0 Å². The summed E-state index contributed by atoms with van der Waals surface area (Å²) in [6, 6.07) is 10.8. The summed E-state index contributed by atoms with van der Waals surface area (Å²) >= 11 is 0. The Hall–Kier alpha value is -3.09. The summed E-state index contributed by atoms with van der Waals surface area (Å²) in [5.41, 5.74) is 1.20. The SMILES string of the molecule is CCc1ccc(OCC(=O)Nc2ccc3c(n2)NC(=O)CO3)cc1.